The molecule has 3 aromatic carbocycles. The first kappa shape index (κ1) is 50.0. The molecule has 2 unspecified atom stereocenters. The molecule has 0 saturated heterocycles. The molecule has 20 heteroatoms. The van der Waals surface area contributed by atoms with Gasteiger partial charge in [-0.3, -0.25) is 4.55 Å². The largest absolute Gasteiger partial charge is 0.332 e. The lowest BCUT2D eigenvalue weighted by molar-refractivity contribution is -0.432. The molecule has 0 spiro atoms. The number of allylic oxidation sites excluding steroid dienone is 8. The summed E-state index contributed by atoms with van der Waals surface area (Å²) in [6, 6.07) is 15.1. The van der Waals surface area contributed by atoms with E-state index in [9.17, 15) is 13.0 Å². The summed E-state index contributed by atoms with van der Waals surface area (Å²) in [6.45, 7) is 17.3. The molecule has 16 nitrogen and oxygen atoms in total. The maximum absolute atomic E-state index is 12.2. The molecule has 3 aromatic rings. The predicted molar refractivity (Wildman–Crippen MR) is 257 cm³/mol. The minimum Gasteiger partial charge on any atom is -0.332 e. The third-order valence-corrected chi connectivity index (χ3v) is 16.5. The summed E-state index contributed by atoms with van der Waals surface area (Å²) in [5.41, 5.74) is 10.5. The van der Waals surface area contributed by atoms with Crippen LogP contribution in [0.2, 0.25) is 0 Å². The number of hydrogen-bond acceptors (Lipinski definition) is 16. The number of hydrogen-bond donors (Lipinski definition) is 4. The lowest BCUT2D eigenvalue weighted by Crippen LogP contribution is -2.28. The molecule has 7 rings (SSSR count). The Bertz CT molecular complexity index is 2720. The van der Waals surface area contributed by atoms with E-state index >= 15 is 0 Å². The molecule has 0 bridgehead atoms. The van der Waals surface area contributed by atoms with Gasteiger partial charge in [-0.2, -0.15) is 17.6 Å². The van der Waals surface area contributed by atoms with Crippen LogP contribution in [-0.2, 0) is 59.9 Å². The number of rotatable bonds is 18. The Hall–Kier alpha value is -3.84. The van der Waals surface area contributed by atoms with E-state index in [1.807, 2.05) is 49.1 Å². The van der Waals surface area contributed by atoms with Gasteiger partial charge in [-0.15, -0.1) is 13.0 Å². The van der Waals surface area contributed by atoms with Crippen molar-refractivity contribution in [3.05, 3.63) is 119 Å². The molecule has 2 atom stereocenters. The molecule has 0 saturated carbocycles. The van der Waals surface area contributed by atoms with Gasteiger partial charge in [0.25, 0.3) is 10.1 Å². The fraction of sp³-hybridized carbons (Fsp3) is 0.391. The van der Waals surface area contributed by atoms with E-state index in [2.05, 4.69) is 121 Å². The smallest absolute Gasteiger partial charge is 0.294 e. The van der Waals surface area contributed by atoms with Gasteiger partial charge in [0.05, 0.1) is 63.6 Å². The van der Waals surface area contributed by atoms with Crippen molar-refractivity contribution in [1.82, 2.24) is 0 Å². The zero-order valence-electron chi connectivity index (χ0n) is 38.4. The number of nitrogens with zero attached hydrogens (tertiary/aromatic N) is 4. The zero-order valence-corrected chi connectivity index (χ0v) is 41.7. The average Bonchev–Trinajstić information content (AvgIpc) is 3.82. The van der Waals surface area contributed by atoms with Crippen molar-refractivity contribution in [2.24, 2.45) is 0 Å². The molecular formula is C46H56N4O12S4+2. The van der Waals surface area contributed by atoms with Gasteiger partial charge in [0.2, 0.25) is 11.4 Å². The highest BCUT2D eigenvalue weighted by atomic mass is 32.2. The fourth-order valence-corrected chi connectivity index (χ4v) is 12.0. The third-order valence-electron chi connectivity index (χ3n) is 14.0. The highest BCUT2D eigenvalue weighted by Crippen LogP contribution is 2.54. The van der Waals surface area contributed by atoms with Crippen LogP contribution in [0.3, 0.4) is 0 Å². The van der Waals surface area contributed by atoms with Gasteiger partial charge in [-0.1, -0.05) is 41.1 Å². The third kappa shape index (κ3) is 8.63. The van der Waals surface area contributed by atoms with Gasteiger partial charge in [-0.05, 0) is 114 Å². The van der Waals surface area contributed by atoms with Crippen LogP contribution in [0.25, 0.3) is 0 Å². The zero-order chi connectivity index (χ0) is 48.0. The predicted octanol–water partition coefficient (Wildman–Crippen LogP) is 10.7. The van der Waals surface area contributed by atoms with E-state index in [1.54, 1.807) is 6.07 Å². The Morgan fingerprint density at radius 1 is 0.636 bits per heavy atom. The van der Waals surface area contributed by atoms with Gasteiger partial charge >= 0.3 is 0 Å². The number of anilines is 2. The first-order valence-corrected chi connectivity index (χ1v) is 25.1. The maximum Gasteiger partial charge on any atom is 0.294 e. The van der Waals surface area contributed by atoms with Crippen LogP contribution >= 0.6 is 36.1 Å². The molecule has 0 aromatic heterocycles. The number of benzene rings is 3. The van der Waals surface area contributed by atoms with Crippen molar-refractivity contribution in [1.29, 1.82) is 0 Å². The standard InChI is InChI=1S/C46H54N4O12S4/c1-11-45(7)33-23-29(65-62-59-53)19-21-35(33)49(27-63-60-57-51)41(45)17-13-15-39-43(3,4)31-25-38-32(26-37(31)47(39)9)44(5,6)40(48(38)10)16-14-18-42-46(8,12-2)34-24-30(66(54,55)56)20-22-36(34)50(42)28-64-61-58-52/h13-26H,11-12,27-28H2,1-10H3,(H2-2,51,52,53,54,55,56)/p+2. The summed E-state index contributed by atoms with van der Waals surface area (Å²) >= 11 is 2.74. The van der Waals surface area contributed by atoms with Crippen LogP contribution in [0.4, 0.5) is 22.7 Å². The van der Waals surface area contributed by atoms with Crippen molar-refractivity contribution < 1.29 is 66.0 Å². The summed E-state index contributed by atoms with van der Waals surface area (Å²) in [7, 11) is -0.247. The van der Waals surface area contributed by atoms with E-state index in [4.69, 9.17) is 28.8 Å². The summed E-state index contributed by atoms with van der Waals surface area (Å²) in [4.78, 5) is 4.69. The van der Waals surface area contributed by atoms with Gasteiger partial charge < -0.3 is 9.80 Å². The van der Waals surface area contributed by atoms with Crippen molar-refractivity contribution >= 4 is 80.4 Å². The number of fused-ring (bicyclic) bond motifs is 4. The second-order valence-electron chi connectivity index (χ2n) is 17.9. The summed E-state index contributed by atoms with van der Waals surface area (Å²) in [6.07, 6.45) is 14.0. The molecule has 0 fully saturated rings. The molecule has 4 N–H and O–H groups in total. The van der Waals surface area contributed by atoms with Crippen molar-refractivity contribution in [2.75, 3.05) is 35.6 Å². The molecule has 354 valence electrons. The van der Waals surface area contributed by atoms with E-state index in [0.29, 0.717) is 12.3 Å². The van der Waals surface area contributed by atoms with E-state index in [0.717, 1.165) is 104 Å². The second kappa shape index (κ2) is 19.3. The molecule has 4 aliphatic heterocycles. The van der Waals surface area contributed by atoms with Gasteiger partial charge in [0.15, 0.2) is 11.4 Å². The first-order valence-electron chi connectivity index (χ1n) is 21.1. The molecular weight excluding hydrogens is 929 g/mol. The topological polar surface area (TPSA) is 183 Å². The fourth-order valence-electron chi connectivity index (χ4n) is 10.2. The van der Waals surface area contributed by atoms with Crippen molar-refractivity contribution in [3.8, 4) is 0 Å². The summed E-state index contributed by atoms with van der Waals surface area (Å²) < 4.78 is 53.1. The van der Waals surface area contributed by atoms with Crippen LogP contribution in [0, 0.1) is 0 Å². The minimum absolute atomic E-state index is 0.182. The lowest BCUT2D eigenvalue weighted by Gasteiger charge is -2.28. The average molecular weight is 985 g/mol. The lowest BCUT2D eigenvalue weighted by atomic mass is 9.77. The molecule has 0 radical (unpaired) electrons. The van der Waals surface area contributed by atoms with Crippen LogP contribution in [0.15, 0.2) is 106 Å². The highest BCUT2D eigenvalue weighted by Gasteiger charge is 2.50. The Labute approximate surface area is 398 Å². The normalized spacial score (nSPS) is 23.1. The van der Waals surface area contributed by atoms with E-state index in [-0.39, 0.29) is 21.6 Å². The van der Waals surface area contributed by atoms with Crippen molar-refractivity contribution in [2.45, 2.75) is 99.7 Å². The highest BCUT2D eigenvalue weighted by molar-refractivity contribution is 7.95. The van der Waals surface area contributed by atoms with Gasteiger partial charge in [0.1, 0.15) is 14.1 Å². The van der Waals surface area contributed by atoms with Crippen LogP contribution in [-0.4, -0.2) is 75.2 Å². The first-order chi connectivity index (χ1) is 31.3. The van der Waals surface area contributed by atoms with Crippen LogP contribution in [0.1, 0.15) is 90.5 Å². The quantitative estimate of drug-likeness (QED) is 0.0236. The van der Waals surface area contributed by atoms with Gasteiger partial charge in [0, 0.05) is 73.9 Å². The van der Waals surface area contributed by atoms with E-state index in [1.165, 1.54) is 23.3 Å². The molecule has 66 heavy (non-hydrogen) atoms. The maximum atomic E-state index is 12.2. The minimum atomic E-state index is -4.44. The molecule has 4 heterocycles. The Morgan fingerprint density at radius 2 is 1.08 bits per heavy atom. The Morgan fingerprint density at radius 3 is 1.50 bits per heavy atom. The van der Waals surface area contributed by atoms with Crippen LogP contribution < -0.4 is 9.80 Å². The second-order valence-corrected chi connectivity index (χ2v) is 21.4. The summed E-state index contributed by atoms with van der Waals surface area (Å²) in [5, 5.41) is 38.1. The van der Waals surface area contributed by atoms with E-state index < -0.39 is 20.9 Å². The molecule has 0 aliphatic carbocycles. The van der Waals surface area contributed by atoms with Gasteiger partial charge in [-0.25, -0.2) is 15.8 Å². The van der Waals surface area contributed by atoms with Crippen LogP contribution in [0.5, 0.6) is 0 Å². The Balaban J connectivity index is 1.21. The molecule has 0 amide bonds. The SMILES string of the molecule is CCC1(C)C(=CC=CC2=[N+](C)c3cc4c(cc3C2(C)C)[N+](C)=C(C=CC=C2N(CSOOO)c3ccc(S(=O)(=O)O)cc3C2(C)CC)C4(C)C)N(CSOOO)c2ccc(SOOO)cc21. The Kier molecular flexibility index (Phi) is 14.6. The monoisotopic (exact) mass is 984 g/mol. The summed E-state index contributed by atoms with van der Waals surface area (Å²) in [5.74, 6) is 0.558. The molecule has 4 aliphatic rings. The van der Waals surface area contributed by atoms with Crippen molar-refractivity contribution in [3.63, 3.8) is 0 Å².